The Morgan fingerprint density at radius 3 is 2.37 bits per heavy atom. The zero-order valence-corrected chi connectivity index (χ0v) is 16.6. The van der Waals surface area contributed by atoms with E-state index in [2.05, 4.69) is 24.5 Å². The third-order valence-electron chi connectivity index (χ3n) is 4.33. The van der Waals surface area contributed by atoms with E-state index in [0.717, 1.165) is 12.0 Å². The number of rotatable bonds is 6. The fraction of sp³-hybridized carbons (Fsp3) is 0.300. The number of anilines is 1. The van der Waals surface area contributed by atoms with Gasteiger partial charge in [0.05, 0.1) is 19.9 Å². The molecule has 0 unspecified atom stereocenters. The molecule has 0 saturated carbocycles. The number of thiocarbonyl (C=S) groups is 1. The number of hydrogen-bond acceptors (Lipinski definition) is 5. The molecular formula is C20H24N2O4S. The number of carbonyl (C=O) groups excluding carboxylic acids is 1. The maximum Gasteiger partial charge on any atom is 0.264 e. The summed E-state index contributed by atoms with van der Waals surface area (Å²) in [4.78, 5) is 12.7. The summed E-state index contributed by atoms with van der Waals surface area (Å²) in [6.07, 6.45) is 0.971. The van der Waals surface area contributed by atoms with E-state index >= 15 is 0 Å². The third-order valence-corrected chi connectivity index (χ3v) is 4.54. The van der Waals surface area contributed by atoms with E-state index in [-0.39, 0.29) is 16.4 Å². The Kier molecular flexibility index (Phi) is 7.01. The molecule has 27 heavy (non-hydrogen) atoms. The number of aromatic hydroxyl groups is 1. The number of carbonyl (C=O) groups is 1. The monoisotopic (exact) mass is 388 g/mol. The van der Waals surface area contributed by atoms with Crippen LogP contribution in [0.15, 0.2) is 36.4 Å². The van der Waals surface area contributed by atoms with Crippen LogP contribution in [0.4, 0.5) is 5.69 Å². The van der Waals surface area contributed by atoms with E-state index < -0.39 is 5.91 Å². The molecule has 0 aliphatic carbocycles. The molecule has 0 bridgehead atoms. The van der Waals surface area contributed by atoms with Crippen LogP contribution in [0.2, 0.25) is 0 Å². The first-order chi connectivity index (χ1) is 12.9. The van der Waals surface area contributed by atoms with Gasteiger partial charge in [-0.15, -0.1) is 0 Å². The van der Waals surface area contributed by atoms with Gasteiger partial charge in [-0.25, -0.2) is 0 Å². The number of phenols is 1. The molecule has 2 aromatic rings. The minimum absolute atomic E-state index is 0.0496. The van der Waals surface area contributed by atoms with Gasteiger partial charge in [0, 0.05) is 0 Å². The van der Waals surface area contributed by atoms with E-state index in [1.165, 1.54) is 14.2 Å². The number of benzene rings is 2. The van der Waals surface area contributed by atoms with Crippen LogP contribution in [0.25, 0.3) is 0 Å². The molecule has 1 atom stereocenters. The average molecular weight is 388 g/mol. The Bertz CT molecular complexity index is 816. The molecule has 0 radical (unpaired) electrons. The van der Waals surface area contributed by atoms with E-state index in [1.54, 1.807) is 24.3 Å². The van der Waals surface area contributed by atoms with Crippen molar-refractivity contribution >= 4 is 28.9 Å². The second kappa shape index (κ2) is 9.23. The molecule has 0 aliphatic heterocycles. The molecule has 0 fully saturated rings. The Balaban J connectivity index is 2.18. The molecule has 0 aliphatic rings. The van der Waals surface area contributed by atoms with Crippen LogP contribution in [0.5, 0.6) is 17.2 Å². The largest absolute Gasteiger partial charge is 0.506 e. The Morgan fingerprint density at radius 1 is 1.19 bits per heavy atom. The van der Waals surface area contributed by atoms with Crippen LogP contribution in [0, 0.1) is 0 Å². The molecule has 0 saturated heterocycles. The molecule has 2 rings (SSSR count). The maximum atomic E-state index is 12.7. The smallest absolute Gasteiger partial charge is 0.264 e. The van der Waals surface area contributed by atoms with Gasteiger partial charge in [0.25, 0.3) is 5.91 Å². The minimum Gasteiger partial charge on any atom is -0.506 e. The SMILES string of the molecule is CC[C@@H](C)c1ccc(O)c(NC(=S)NC(=O)c2c(OC)cccc2OC)c1. The van der Waals surface area contributed by atoms with Crippen molar-refractivity contribution in [2.45, 2.75) is 26.2 Å². The van der Waals surface area contributed by atoms with Crippen molar-refractivity contribution in [2.75, 3.05) is 19.5 Å². The fourth-order valence-electron chi connectivity index (χ4n) is 2.59. The van der Waals surface area contributed by atoms with Crippen LogP contribution in [0.1, 0.15) is 42.1 Å². The van der Waals surface area contributed by atoms with Gasteiger partial charge in [-0.1, -0.05) is 26.0 Å². The summed E-state index contributed by atoms with van der Waals surface area (Å²) in [6.45, 7) is 4.19. The molecule has 6 nitrogen and oxygen atoms in total. The molecule has 7 heteroatoms. The quantitative estimate of drug-likeness (QED) is 0.512. The van der Waals surface area contributed by atoms with E-state index in [1.807, 2.05) is 12.1 Å². The van der Waals surface area contributed by atoms with Crippen molar-refractivity contribution in [3.8, 4) is 17.2 Å². The second-order valence-electron chi connectivity index (χ2n) is 6.03. The van der Waals surface area contributed by atoms with E-state index in [0.29, 0.717) is 23.1 Å². The fourth-order valence-corrected chi connectivity index (χ4v) is 2.79. The average Bonchev–Trinajstić information content (AvgIpc) is 2.67. The highest BCUT2D eigenvalue weighted by atomic mass is 32.1. The third kappa shape index (κ3) is 4.89. The summed E-state index contributed by atoms with van der Waals surface area (Å²) in [5.74, 6) is 0.660. The van der Waals surface area contributed by atoms with Crippen LogP contribution < -0.4 is 20.1 Å². The lowest BCUT2D eigenvalue weighted by Gasteiger charge is -2.16. The van der Waals surface area contributed by atoms with Gasteiger partial charge < -0.3 is 19.9 Å². The number of hydrogen-bond donors (Lipinski definition) is 3. The number of nitrogens with one attached hydrogen (secondary N) is 2. The first kappa shape index (κ1) is 20.5. The predicted octanol–water partition coefficient (Wildman–Crippen LogP) is 4.05. The summed E-state index contributed by atoms with van der Waals surface area (Å²) >= 11 is 5.23. The predicted molar refractivity (Wildman–Crippen MR) is 110 cm³/mol. The van der Waals surface area contributed by atoms with Crippen molar-refractivity contribution in [3.63, 3.8) is 0 Å². The lowest BCUT2D eigenvalue weighted by Crippen LogP contribution is -2.34. The van der Waals surface area contributed by atoms with E-state index in [9.17, 15) is 9.90 Å². The molecule has 144 valence electrons. The zero-order chi connectivity index (χ0) is 20.0. The van der Waals surface area contributed by atoms with Crippen molar-refractivity contribution in [3.05, 3.63) is 47.5 Å². The van der Waals surface area contributed by atoms with Crippen molar-refractivity contribution < 1.29 is 19.4 Å². The van der Waals surface area contributed by atoms with E-state index in [4.69, 9.17) is 21.7 Å². The summed E-state index contributed by atoms with van der Waals surface area (Å²) in [6, 6.07) is 10.4. The van der Waals surface area contributed by atoms with Crippen LogP contribution >= 0.6 is 12.2 Å². The Morgan fingerprint density at radius 2 is 1.81 bits per heavy atom. The van der Waals surface area contributed by atoms with Gasteiger partial charge in [0.15, 0.2) is 5.11 Å². The standard InChI is InChI=1S/C20H24N2O4S/c1-5-12(2)13-9-10-15(23)14(11-13)21-20(27)22-19(24)18-16(25-3)7-6-8-17(18)26-4/h6-12,23H,5H2,1-4H3,(H2,21,22,24,27)/t12-/m1/s1. The summed E-state index contributed by atoms with van der Waals surface area (Å²) in [7, 11) is 2.95. The van der Waals surface area contributed by atoms with Crippen LogP contribution in [-0.2, 0) is 0 Å². The highest BCUT2D eigenvalue weighted by molar-refractivity contribution is 7.80. The lowest BCUT2D eigenvalue weighted by atomic mass is 9.98. The number of phenolic OH excluding ortho intramolecular Hbond substituents is 1. The highest BCUT2D eigenvalue weighted by Crippen LogP contribution is 2.30. The summed E-state index contributed by atoms with van der Waals surface area (Å²) < 4.78 is 10.5. The number of amides is 1. The molecule has 2 aromatic carbocycles. The number of methoxy groups -OCH3 is 2. The van der Waals surface area contributed by atoms with Gasteiger partial charge in [0.1, 0.15) is 22.8 Å². The molecule has 1 amide bonds. The molecule has 0 aromatic heterocycles. The first-order valence-corrected chi connectivity index (χ1v) is 8.98. The van der Waals surface area contributed by atoms with Gasteiger partial charge in [0.2, 0.25) is 0 Å². The van der Waals surface area contributed by atoms with Gasteiger partial charge in [-0.2, -0.15) is 0 Å². The van der Waals surface area contributed by atoms with Crippen molar-refractivity contribution in [1.29, 1.82) is 0 Å². The lowest BCUT2D eigenvalue weighted by molar-refractivity contribution is 0.0971. The second-order valence-corrected chi connectivity index (χ2v) is 6.44. The van der Waals surface area contributed by atoms with Crippen molar-refractivity contribution in [1.82, 2.24) is 5.32 Å². The van der Waals surface area contributed by atoms with Crippen LogP contribution in [0.3, 0.4) is 0 Å². The highest BCUT2D eigenvalue weighted by Gasteiger charge is 2.19. The molecule has 0 heterocycles. The number of ether oxygens (including phenoxy) is 2. The first-order valence-electron chi connectivity index (χ1n) is 8.57. The molecular weight excluding hydrogens is 364 g/mol. The van der Waals surface area contributed by atoms with Gasteiger partial charge in [-0.05, 0) is 54.4 Å². The Labute approximate surface area is 164 Å². The zero-order valence-electron chi connectivity index (χ0n) is 15.8. The van der Waals surface area contributed by atoms with Crippen molar-refractivity contribution in [2.24, 2.45) is 0 Å². The maximum absolute atomic E-state index is 12.7. The minimum atomic E-state index is -0.473. The topological polar surface area (TPSA) is 79.8 Å². The van der Waals surface area contributed by atoms with Gasteiger partial charge >= 0.3 is 0 Å². The van der Waals surface area contributed by atoms with Crippen LogP contribution in [-0.4, -0.2) is 30.3 Å². The van der Waals surface area contributed by atoms with Gasteiger partial charge in [-0.3, -0.25) is 10.1 Å². The molecule has 0 spiro atoms. The molecule has 3 N–H and O–H groups in total. The Hall–Kier alpha value is -2.80. The summed E-state index contributed by atoms with van der Waals surface area (Å²) in [5.41, 5.74) is 1.74. The normalized spacial score (nSPS) is 11.4. The summed E-state index contributed by atoms with van der Waals surface area (Å²) in [5, 5.41) is 15.6.